The molecule has 0 spiro atoms. The van der Waals surface area contributed by atoms with Crippen LogP contribution < -0.4 is 15.4 Å². The molecule has 2 aromatic carbocycles. The summed E-state index contributed by atoms with van der Waals surface area (Å²) in [4.78, 5) is 25.9. The molecule has 172 valence electrons. The van der Waals surface area contributed by atoms with E-state index in [9.17, 15) is 9.59 Å². The molecule has 0 saturated heterocycles. The monoisotopic (exact) mass is 455 g/mol. The third-order valence-corrected chi connectivity index (χ3v) is 6.59. The van der Waals surface area contributed by atoms with E-state index >= 15 is 0 Å². The van der Waals surface area contributed by atoms with Crippen molar-refractivity contribution in [2.45, 2.75) is 12.8 Å². The molecule has 0 radical (unpaired) electrons. The van der Waals surface area contributed by atoms with Crippen LogP contribution in [0.1, 0.15) is 24.0 Å². The Morgan fingerprint density at radius 1 is 1.09 bits per heavy atom. The minimum Gasteiger partial charge on any atom is -0.492 e. The number of nitrogens with one attached hydrogen (secondary N) is 2. The molecule has 0 bridgehead atoms. The van der Waals surface area contributed by atoms with Crippen LogP contribution in [0.5, 0.6) is 5.75 Å². The van der Waals surface area contributed by atoms with Gasteiger partial charge >= 0.3 is 0 Å². The molecule has 2 aliphatic rings. The molecule has 3 heterocycles. The fraction of sp³-hybridized carbons (Fsp3) is 0.259. The van der Waals surface area contributed by atoms with Gasteiger partial charge in [0.15, 0.2) is 0 Å². The molecule has 7 heteroatoms. The van der Waals surface area contributed by atoms with Gasteiger partial charge in [0.2, 0.25) is 0 Å². The number of aryl methyl sites for hydroxylation is 1. The van der Waals surface area contributed by atoms with Crippen LogP contribution in [0.25, 0.3) is 33.0 Å². The van der Waals surface area contributed by atoms with E-state index in [2.05, 4.69) is 10.6 Å². The standard InChI is InChI=1S/C27H25N3O4/c1-30-15-21(20-13-18(7-8-22(20)30)33-12-10-28-14-16-5-6-16)24-23(26(31)29-27(24)32)19-4-2-3-17-9-11-34-25(17)19/h2-4,7-9,11,13,15-16,28H,5-6,10,12,14H2,1H3,(H,29,31,32). The van der Waals surface area contributed by atoms with Gasteiger partial charge in [-0.2, -0.15) is 0 Å². The zero-order valence-electron chi connectivity index (χ0n) is 18.9. The highest BCUT2D eigenvalue weighted by atomic mass is 16.5. The first kappa shape index (κ1) is 20.7. The normalized spacial score (nSPS) is 16.1. The Hall–Kier alpha value is -3.84. The van der Waals surface area contributed by atoms with Gasteiger partial charge in [-0.3, -0.25) is 14.9 Å². The second kappa shape index (κ2) is 8.18. The number of para-hydroxylation sites is 1. The molecule has 1 aliphatic carbocycles. The summed E-state index contributed by atoms with van der Waals surface area (Å²) in [5.74, 6) is 0.730. The zero-order valence-corrected chi connectivity index (χ0v) is 18.9. The van der Waals surface area contributed by atoms with Crippen LogP contribution >= 0.6 is 0 Å². The number of furan rings is 1. The van der Waals surface area contributed by atoms with Gasteiger partial charge in [0.1, 0.15) is 17.9 Å². The SMILES string of the molecule is Cn1cc(C2=C(c3cccc4ccoc34)C(=O)NC2=O)c2cc(OCCNCC3CC3)ccc21. The predicted octanol–water partition coefficient (Wildman–Crippen LogP) is 3.87. The fourth-order valence-electron chi connectivity index (χ4n) is 4.69. The van der Waals surface area contributed by atoms with Gasteiger partial charge < -0.3 is 19.0 Å². The number of fused-ring (bicyclic) bond motifs is 2. The topological polar surface area (TPSA) is 85.5 Å². The minimum atomic E-state index is -0.421. The quantitative estimate of drug-likeness (QED) is 0.311. The van der Waals surface area contributed by atoms with Gasteiger partial charge in [0.25, 0.3) is 11.8 Å². The van der Waals surface area contributed by atoms with Crippen LogP contribution in [0.3, 0.4) is 0 Å². The molecule has 34 heavy (non-hydrogen) atoms. The van der Waals surface area contributed by atoms with Crippen LogP contribution in [0.15, 0.2) is 59.3 Å². The maximum absolute atomic E-state index is 13.0. The van der Waals surface area contributed by atoms with E-state index in [1.807, 2.05) is 60.3 Å². The van der Waals surface area contributed by atoms with Crippen LogP contribution in [-0.2, 0) is 16.6 Å². The number of hydrogen-bond acceptors (Lipinski definition) is 5. The lowest BCUT2D eigenvalue weighted by molar-refractivity contribution is -0.122. The Morgan fingerprint density at radius 3 is 2.74 bits per heavy atom. The Balaban J connectivity index is 1.40. The van der Waals surface area contributed by atoms with E-state index < -0.39 is 11.8 Å². The van der Waals surface area contributed by atoms with Crippen LogP contribution in [-0.4, -0.2) is 36.1 Å². The summed E-state index contributed by atoms with van der Waals surface area (Å²) in [6.45, 7) is 2.40. The number of amides is 2. The summed E-state index contributed by atoms with van der Waals surface area (Å²) in [6, 6.07) is 13.3. The van der Waals surface area contributed by atoms with Crippen molar-refractivity contribution in [2.75, 3.05) is 19.7 Å². The van der Waals surface area contributed by atoms with Gasteiger partial charge in [0, 0.05) is 47.2 Å². The Bertz CT molecular complexity index is 1470. The van der Waals surface area contributed by atoms with E-state index in [0.717, 1.165) is 41.0 Å². The highest BCUT2D eigenvalue weighted by Crippen LogP contribution is 2.39. The third-order valence-electron chi connectivity index (χ3n) is 6.59. The number of nitrogens with zero attached hydrogens (tertiary/aromatic N) is 1. The fourth-order valence-corrected chi connectivity index (χ4v) is 4.69. The lowest BCUT2D eigenvalue weighted by Crippen LogP contribution is -2.23. The first-order valence-electron chi connectivity index (χ1n) is 11.6. The summed E-state index contributed by atoms with van der Waals surface area (Å²) in [5, 5.41) is 7.64. The number of carbonyl (C=O) groups is 2. The number of rotatable bonds is 8. The van der Waals surface area contributed by atoms with E-state index in [-0.39, 0.29) is 0 Å². The first-order valence-corrected chi connectivity index (χ1v) is 11.6. The minimum absolute atomic E-state index is 0.327. The van der Waals surface area contributed by atoms with Crippen molar-refractivity contribution in [1.82, 2.24) is 15.2 Å². The smallest absolute Gasteiger partial charge is 0.259 e. The van der Waals surface area contributed by atoms with Crippen LogP contribution in [0.2, 0.25) is 0 Å². The Morgan fingerprint density at radius 2 is 1.91 bits per heavy atom. The maximum atomic E-state index is 13.0. The molecule has 2 aromatic heterocycles. The molecule has 2 amide bonds. The molecule has 0 unspecified atom stereocenters. The van der Waals surface area contributed by atoms with E-state index in [1.54, 1.807) is 6.26 Å². The van der Waals surface area contributed by atoms with Crippen molar-refractivity contribution in [2.24, 2.45) is 13.0 Å². The molecule has 0 atom stereocenters. The molecule has 7 nitrogen and oxygen atoms in total. The van der Waals surface area contributed by atoms with Crippen molar-refractivity contribution in [1.29, 1.82) is 0 Å². The van der Waals surface area contributed by atoms with Crippen molar-refractivity contribution in [3.8, 4) is 5.75 Å². The average molecular weight is 456 g/mol. The van der Waals surface area contributed by atoms with Crippen LogP contribution in [0, 0.1) is 5.92 Å². The predicted molar refractivity (Wildman–Crippen MR) is 130 cm³/mol. The summed E-state index contributed by atoms with van der Waals surface area (Å²) >= 11 is 0. The second-order valence-electron chi connectivity index (χ2n) is 9.01. The number of aromatic nitrogens is 1. The number of imide groups is 1. The van der Waals surface area contributed by atoms with Gasteiger partial charge in [-0.15, -0.1) is 0 Å². The van der Waals surface area contributed by atoms with E-state index in [4.69, 9.17) is 9.15 Å². The molecule has 1 aliphatic heterocycles. The van der Waals surface area contributed by atoms with Gasteiger partial charge in [-0.1, -0.05) is 18.2 Å². The molecular weight excluding hydrogens is 430 g/mol. The van der Waals surface area contributed by atoms with Crippen molar-refractivity contribution in [3.63, 3.8) is 0 Å². The number of benzene rings is 2. The number of hydrogen-bond donors (Lipinski definition) is 2. The average Bonchev–Trinajstić information content (AvgIpc) is 3.30. The van der Waals surface area contributed by atoms with Crippen molar-refractivity contribution in [3.05, 3.63) is 66.1 Å². The van der Waals surface area contributed by atoms with Crippen molar-refractivity contribution >= 4 is 44.8 Å². The summed E-state index contributed by atoms with van der Waals surface area (Å²) in [7, 11) is 1.93. The summed E-state index contributed by atoms with van der Waals surface area (Å²) < 4.78 is 13.6. The molecule has 6 rings (SSSR count). The molecule has 2 N–H and O–H groups in total. The Labute approximate surface area is 196 Å². The highest BCUT2D eigenvalue weighted by Gasteiger charge is 2.35. The molecule has 1 saturated carbocycles. The molecule has 4 aromatic rings. The number of ether oxygens (including phenoxy) is 1. The maximum Gasteiger partial charge on any atom is 0.259 e. The molecule has 1 fully saturated rings. The van der Waals surface area contributed by atoms with Crippen LogP contribution in [0.4, 0.5) is 0 Å². The highest BCUT2D eigenvalue weighted by molar-refractivity contribution is 6.50. The lowest BCUT2D eigenvalue weighted by atomic mass is 9.95. The number of carbonyl (C=O) groups excluding carboxylic acids is 2. The van der Waals surface area contributed by atoms with Gasteiger partial charge in [-0.25, -0.2) is 0 Å². The molecular formula is C27H25N3O4. The van der Waals surface area contributed by atoms with Gasteiger partial charge in [0.05, 0.1) is 17.4 Å². The first-order chi connectivity index (χ1) is 16.6. The van der Waals surface area contributed by atoms with E-state index in [1.165, 1.54) is 12.8 Å². The van der Waals surface area contributed by atoms with Gasteiger partial charge in [-0.05, 0) is 49.6 Å². The van der Waals surface area contributed by atoms with E-state index in [0.29, 0.717) is 34.5 Å². The lowest BCUT2D eigenvalue weighted by Gasteiger charge is -2.09. The van der Waals surface area contributed by atoms with Crippen molar-refractivity contribution < 1.29 is 18.7 Å². The Kier molecular flexibility index (Phi) is 4.99. The summed E-state index contributed by atoms with van der Waals surface area (Å²) in [6.07, 6.45) is 6.12. The summed E-state index contributed by atoms with van der Waals surface area (Å²) in [5.41, 5.74) is 3.51. The second-order valence-corrected chi connectivity index (χ2v) is 9.01. The largest absolute Gasteiger partial charge is 0.492 e. The zero-order chi connectivity index (χ0) is 23.2. The third kappa shape index (κ3) is 3.58.